The average Bonchev–Trinajstić information content (AvgIpc) is 2.44. The molecule has 0 spiro atoms. The van der Waals surface area contributed by atoms with Crippen molar-refractivity contribution in [2.75, 3.05) is 25.6 Å². The quantitative estimate of drug-likeness (QED) is 0.140. The van der Waals surface area contributed by atoms with Gasteiger partial charge in [-0.05, 0) is 13.8 Å². The summed E-state index contributed by atoms with van der Waals surface area (Å²) in [4.78, 5) is 34.6. The van der Waals surface area contributed by atoms with Crippen LogP contribution in [0.4, 0.5) is 0 Å². The van der Waals surface area contributed by atoms with Gasteiger partial charge in [-0.2, -0.15) is 8.42 Å². The molecule has 138 valence electrons. The van der Waals surface area contributed by atoms with Crippen molar-refractivity contribution in [3.63, 3.8) is 0 Å². The first-order chi connectivity index (χ1) is 10.9. The molecule has 1 N–H and O–H groups in total. The van der Waals surface area contributed by atoms with Gasteiger partial charge in [0.25, 0.3) is 10.1 Å². The van der Waals surface area contributed by atoms with E-state index in [1.807, 2.05) is 0 Å². The first-order valence-corrected chi connectivity index (χ1v) is 8.32. The third-order valence-electron chi connectivity index (χ3n) is 2.45. The second-order valence-corrected chi connectivity index (χ2v) is 6.48. The molecular weight excluding hydrogens is 367 g/mol. The zero-order valence-electron chi connectivity index (χ0n) is 15.4. The molecule has 0 heterocycles. The standard InChI is InChI=1S/C14H20O9S.Na.H/c1-9(2)12(15)22-7-11(8-23-13(16)10(3)4)14(17)21-5-6-24(18,19)20;;/h11H,1,3,5-8H2,2,4H3,(H,18,19,20);;/q;+1;-1. The molecule has 0 saturated carbocycles. The van der Waals surface area contributed by atoms with E-state index in [9.17, 15) is 22.8 Å². The fourth-order valence-corrected chi connectivity index (χ4v) is 1.44. The van der Waals surface area contributed by atoms with Gasteiger partial charge in [0.1, 0.15) is 31.5 Å². The molecule has 0 amide bonds. The van der Waals surface area contributed by atoms with Crippen LogP contribution in [0.3, 0.4) is 0 Å². The van der Waals surface area contributed by atoms with E-state index >= 15 is 0 Å². The second kappa shape index (κ2) is 12.2. The normalized spacial score (nSPS) is 10.4. The van der Waals surface area contributed by atoms with Crippen LogP contribution in [-0.4, -0.2) is 56.5 Å². The molecule has 0 radical (unpaired) electrons. The van der Waals surface area contributed by atoms with Crippen molar-refractivity contribution in [3.8, 4) is 0 Å². The van der Waals surface area contributed by atoms with Gasteiger partial charge in [0, 0.05) is 11.1 Å². The van der Waals surface area contributed by atoms with Gasteiger partial charge < -0.3 is 15.6 Å². The molecule has 0 saturated heterocycles. The van der Waals surface area contributed by atoms with Crippen molar-refractivity contribution in [2.24, 2.45) is 5.92 Å². The molecular formula is C14H21NaO9S. The molecule has 11 heteroatoms. The Hall–Kier alpha value is -1.20. The van der Waals surface area contributed by atoms with Crippen LogP contribution in [0.1, 0.15) is 15.3 Å². The first kappa shape index (κ1) is 26.0. The summed E-state index contributed by atoms with van der Waals surface area (Å²) in [5.41, 5.74) is 0.208. The topological polar surface area (TPSA) is 133 Å². The summed E-state index contributed by atoms with van der Waals surface area (Å²) in [6.07, 6.45) is 0. The summed E-state index contributed by atoms with van der Waals surface area (Å²) in [7, 11) is -4.29. The molecule has 0 aromatic heterocycles. The summed E-state index contributed by atoms with van der Waals surface area (Å²) in [6, 6.07) is 0. The van der Waals surface area contributed by atoms with Crippen molar-refractivity contribution < 1.29 is 72.5 Å². The molecule has 9 nitrogen and oxygen atoms in total. The summed E-state index contributed by atoms with van der Waals surface area (Å²) in [5, 5.41) is 0. The molecule has 0 fully saturated rings. The number of hydrogen-bond acceptors (Lipinski definition) is 8. The van der Waals surface area contributed by atoms with Crippen LogP contribution in [0.15, 0.2) is 24.3 Å². The smallest absolute Gasteiger partial charge is 1.00 e. The van der Waals surface area contributed by atoms with E-state index in [-0.39, 0.29) is 42.1 Å². The molecule has 0 rings (SSSR count). The van der Waals surface area contributed by atoms with Crippen molar-refractivity contribution in [2.45, 2.75) is 13.8 Å². The number of carbonyl (C=O) groups is 3. The SMILES string of the molecule is C=C(C)C(=O)OCC(COC(=O)C(=C)C)C(=O)OCCS(=O)(=O)O.[H-].[Na+]. The van der Waals surface area contributed by atoms with Gasteiger partial charge in [0.05, 0.1) is 0 Å². The van der Waals surface area contributed by atoms with Gasteiger partial charge in [-0.3, -0.25) is 9.35 Å². The Bertz CT molecular complexity index is 600. The van der Waals surface area contributed by atoms with E-state index < -0.39 is 59.5 Å². The maximum absolute atomic E-state index is 11.9. The van der Waals surface area contributed by atoms with E-state index in [2.05, 4.69) is 17.9 Å². The van der Waals surface area contributed by atoms with Crippen LogP contribution in [0.25, 0.3) is 0 Å². The summed E-state index contributed by atoms with van der Waals surface area (Å²) < 4.78 is 44.0. The second-order valence-electron chi connectivity index (χ2n) is 4.91. The first-order valence-electron chi connectivity index (χ1n) is 6.71. The third-order valence-corrected chi connectivity index (χ3v) is 3.13. The van der Waals surface area contributed by atoms with E-state index in [1.165, 1.54) is 13.8 Å². The maximum atomic E-state index is 11.9. The molecule has 0 bridgehead atoms. The Kier molecular flexibility index (Phi) is 12.7. The minimum absolute atomic E-state index is 0. The van der Waals surface area contributed by atoms with Gasteiger partial charge in [-0.1, -0.05) is 13.2 Å². The Morgan fingerprint density at radius 1 is 1.00 bits per heavy atom. The van der Waals surface area contributed by atoms with E-state index in [1.54, 1.807) is 0 Å². The van der Waals surface area contributed by atoms with Crippen molar-refractivity contribution in [3.05, 3.63) is 24.3 Å². The van der Waals surface area contributed by atoms with Crippen molar-refractivity contribution in [1.29, 1.82) is 0 Å². The van der Waals surface area contributed by atoms with E-state index in [0.717, 1.165) is 0 Å². The summed E-state index contributed by atoms with van der Waals surface area (Å²) in [6.45, 7) is 8.03. The fraction of sp³-hybridized carbons (Fsp3) is 0.500. The van der Waals surface area contributed by atoms with Crippen molar-refractivity contribution in [1.82, 2.24) is 0 Å². The zero-order valence-corrected chi connectivity index (χ0v) is 17.3. The summed E-state index contributed by atoms with van der Waals surface area (Å²) in [5.74, 6) is -4.42. The van der Waals surface area contributed by atoms with E-state index in [0.29, 0.717) is 0 Å². The Balaban J connectivity index is -0.00000264. The minimum Gasteiger partial charge on any atom is -1.00 e. The molecule has 0 unspecified atom stereocenters. The van der Waals surface area contributed by atoms with Crippen LogP contribution in [0.2, 0.25) is 0 Å². The monoisotopic (exact) mass is 388 g/mol. The van der Waals surface area contributed by atoms with Gasteiger partial charge in [-0.25, -0.2) is 9.59 Å². The molecule has 0 aliphatic carbocycles. The number of esters is 3. The van der Waals surface area contributed by atoms with Crippen LogP contribution in [0, 0.1) is 5.92 Å². The van der Waals surface area contributed by atoms with Gasteiger partial charge >= 0.3 is 47.5 Å². The Morgan fingerprint density at radius 2 is 1.40 bits per heavy atom. The number of rotatable bonds is 10. The molecule has 0 aromatic rings. The van der Waals surface area contributed by atoms with Gasteiger partial charge in [-0.15, -0.1) is 0 Å². The summed E-state index contributed by atoms with van der Waals surface area (Å²) >= 11 is 0. The molecule has 0 aliphatic heterocycles. The van der Waals surface area contributed by atoms with E-state index in [4.69, 9.17) is 14.0 Å². The Morgan fingerprint density at radius 3 is 1.72 bits per heavy atom. The average molecular weight is 388 g/mol. The van der Waals surface area contributed by atoms with Crippen LogP contribution >= 0.6 is 0 Å². The predicted molar refractivity (Wildman–Crippen MR) is 83.5 cm³/mol. The van der Waals surface area contributed by atoms with Gasteiger partial charge in [0.15, 0.2) is 0 Å². The number of hydrogen-bond donors (Lipinski definition) is 1. The fourth-order valence-electron chi connectivity index (χ4n) is 1.15. The Labute approximate surface area is 169 Å². The number of ether oxygens (including phenoxy) is 3. The predicted octanol–water partition coefficient (Wildman–Crippen LogP) is -2.61. The van der Waals surface area contributed by atoms with Crippen LogP contribution in [0.5, 0.6) is 0 Å². The molecule has 0 aromatic carbocycles. The zero-order chi connectivity index (χ0) is 18.9. The third kappa shape index (κ3) is 12.8. The molecule has 25 heavy (non-hydrogen) atoms. The molecule has 0 atom stereocenters. The van der Waals surface area contributed by atoms with Gasteiger partial charge in [0.2, 0.25) is 0 Å². The van der Waals surface area contributed by atoms with Crippen LogP contribution < -0.4 is 29.6 Å². The maximum Gasteiger partial charge on any atom is 1.00 e. The number of carbonyl (C=O) groups excluding carboxylic acids is 3. The largest absolute Gasteiger partial charge is 1.00 e. The minimum atomic E-state index is -4.29. The van der Waals surface area contributed by atoms with Crippen molar-refractivity contribution >= 4 is 28.0 Å². The van der Waals surface area contributed by atoms with Crippen LogP contribution in [-0.2, 0) is 38.7 Å². The molecule has 0 aliphatic rings.